The van der Waals surface area contributed by atoms with Gasteiger partial charge >= 0.3 is 0 Å². The van der Waals surface area contributed by atoms with Crippen LogP contribution >= 0.6 is 54.0 Å². The van der Waals surface area contributed by atoms with Gasteiger partial charge in [-0.3, -0.25) is 9.59 Å². The van der Waals surface area contributed by atoms with Crippen LogP contribution in [-0.4, -0.2) is 63.0 Å². The molecular formula is C30H61N3O6S4. The first-order valence-electron chi connectivity index (χ1n) is 14.0. The average Bonchev–Trinajstić information content (AvgIpc) is 2.87. The summed E-state index contributed by atoms with van der Waals surface area (Å²) in [7, 11) is 3.29. The number of amides is 2. The third-order valence-corrected chi connectivity index (χ3v) is 7.50. The summed E-state index contributed by atoms with van der Waals surface area (Å²) in [5.74, 6) is 0.792. The molecule has 2 amide bonds. The number of rotatable bonds is 19. The standard InChI is InChI=1S/C30H53N3O6.4H2S/c1-19(2)22(14-21-10-11-26(38-8)27(15-21)39-13-9-12-37-7)16-24(31)25(34)17-23(20(3)4)28(35)33-18-30(5,6)29(32)36;;;;/h10-11,15,19-20,22-25,34H,9,12-14,16-18,31H2,1-8H3,(H2,32,36)(H,33,35);4*1H2/t22-,23-,24-,25-;;;;/m0..../s1. The van der Waals surface area contributed by atoms with Crippen molar-refractivity contribution in [2.75, 3.05) is 34.0 Å². The molecule has 0 aliphatic rings. The molecule has 0 unspecified atom stereocenters. The molecule has 4 atom stereocenters. The Labute approximate surface area is 288 Å². The van der Waals surface area contributed by atoms with Gasteiger partial charge in [-0.05, 0) is 68.6 Å². The van der Waals surface area contributed by atoms with Gasteiger partial charge in [0, 0.05) is 38.6 Å². The predicted molar refractivity (Wildman–Crippen MR) is 196 cm³/mol. The maximum absolute atomic E-state index is 12.9. The topological polar surface area (TPSA) is 146 Å². The minimum atomic E-state index is -0.854. The molecular weight excluding hydrogens is 627 g/mol. The highest BCUT2D eigenvalue weighted by atomic mass is 32.1. The van der Waals surface area contributed by atoms with Gasteiger partial charge in [-0.25, -0.2) is 0 Å². The maximum atomic E-state index is 12.9. The van der Waals surface area contributed by atoms with Crippen molar-refractivity contribution in [2.45, 2.75) is 79.4 Å². The molecule has 0 heterocycles. The lowest BCUT2D eigenvalue weighted by molar-refractivity contribution is -0.130. The molecule has 0 bridgehead atoms. The minimum Gasteiger partial charge on any atom is -0.493 e. The molecule has 43 heavy (non-hydrogen) atoms. The molecule has 0 aromatic heterocycles. The molecule has 0 spiro atoms. The van der Waals surface area contributed by atoms with Crippen LogP contribution in [0, 0.1) is 29.1 Å². The van der Waals surface area contributed by atoms with E-state index in [2.05, 4.69) is 19.2 Å². The molecule has 1 aromatic carbocycles. The number of aliphatic hydroxyl groups is 1. The smallest absolute Gasteiger partial charge is 0.224 e. The highest BCUT2D eigenvalue weighted by Gasteiger charge is 2.32. The van der Waals surface area contributed by atoms with Gasteiger partial charge in [0.2, 0.25) is 11.8 Å². The van der Waals surface area contributed by atoms with E-state index in [9.17, 15) is 14.7 Å². The Kier molecular flexibility index (Phi) is 27.6. The summed E-state index contributed by atoms with van der Waals surface area (Å²) < 4.78 is 16.5. The molecule has 0 aliphatic carbocycles. The average molecular weight is 688 g/mol. The number of aliphatic hydroxyl groups excluding tert-OH is 1. The molecule has 0 saturated carbocycles. The molecule has 13 heteroatoms. The summed E-state index contributed by atoms with van der Waals surface area (Å²) in [6.07, 6.45) is 1.56. The molecule has 1 aromatic rings. The zero-order chi connectivity index (χ0) is 29.8. The van der Waals surface area contributed by atoms with E-state index < -0.39 is 29.4 Å². The van der Waals surface area contributed by atoms with Gasteiger partial charge in [0.1, 0.15) is 0 Å². The van der Waals surface area contributed by atoms with Crippen LogP contribution in [0.15, 0.2) is 18.2 Å². The normalized spacial score (nSPS) is 13.7. The third-order valence-electron chi connectivity index (χ3n) is 7.50. The van der Waals surface area contributed by atoms with Crippen molar-refractivity contribution in [1.29, 1.82) is 0 Å². The fourth-order valence-corrected chi connectivity index (χ4v) is 4.39. The highest BCUT2D eigenvalue weighted by Crippen LogP contribution is 2.32. The van der Waals surface area contributed by atoms with Gasteiger partial charge in [0.25, 0.3) is 0 Å². The van der Waals surface area contributed by atoms with Gasteiger partial charge in [-0.1, -0.05) is 33.8 Å². The summed E-state index contributed by atoms with van der Waals surface area (Å²) in [6.45, 7) is 12.9. The first kappa shape index (κ1) is 48.9. The van der Waals surface area contributed by atoms with Crippen molar-refractivity contribution in [3.63, 3.8) is 0 Å². The number of hydrogen-bond donors (Lipinski definition) is 4. The molecule has 9 nitrogen and oxygen atoms in total. The van der Waals surface area contributed by atoms with Crippen LogP contribution in [-0.2, 0) is 20.7 Å². The lowest BCUT2D eigenvalue weighted by Gasteiger charge is -2.30. The Morgan fingerprint density at radius 3 is 2.05 bits per heavy atom. The van der Waals surface area contributed by atoms with Crippen LogP contribution < -0.4 is 26.3 Å². The summed E-state index contributed by atoms with van der Waals surface area (Å²) in [6, 6.07) is 5.47. The zero-order valence-electron chi connectivity index (χ0n) is 27.3. The molecule has 0 radical (unpaired) electrons. The number of carbonyl (C=O) groups is 2. The van der Waals surface area contributed by atoms with E-state index in [1.165, 1.54) is 0 Å². The van der Waals surface area contributed by atoms with Crippen molar-refractivity contribution in [3.8, 4) is 11.5 Å². The Morgan fingerprint density at radius 1 is 0.953 bits per heavy atom. The summed E-state index contributed by atoms with van der Waals surface area (Å²) in [5, 5.41) is 13.9. The van der Waals surface area contributed by atoms with E-state index in [0.717, 1.165) is 18.4 Å². The van der Waals surface area contributed by atoms with E-state index in [4.69, 9.17) is 25.7 Å². The Morgan fingerprint density at radius 2 is 1.56 bits per heavy atom. The first-order chi connectivity index (χ1) is 18.2. The second-order valence-electron chi connectivity index (χ2n) is 11.9. The molecule has 0 saturated heterocycles. The molecule has 6 N–H and O–H groups in total. The number of ether oxygens (including phenoxy) is 3. The van der Waals surface area contributed by atoms with E-state index >= 15 is 0 Å². The van der Waals surface area contributed by atoms with E-state index in [1.807, 2.05) is 32.0 Å². The molecule has 0 fully saturated rings. The van der Waals surface area contributed by atoms with Crippen molar-refractivity contribution >= 4 is 65.8 Å². The predicted octanol–water partition coefficient (Wildman–Crippen LogP) is 3.74. The van der Waals surface area contributed by atoms with Crippen LogP contribution in [0.5, 0.6) is 11.5 Å². The van der Waals surface area contributed by atoms with Crippen LogP contribution in [0.1, 0.15) is 66.4 Å². The Balaban J connectivity index is -0.00000190. The van der Waals surface area contributed by atoms with Crippen LogP contribution in [0.3, 0.4) is 0 Å². The van der Waals surface area contributed by atoms with E-state index in [-0.39, 0.29) is 84.7 Å². The van der Waals surface area contributed by atoms with Gasteiger partial charge in [0.15, 0.2) is 11.5 Å². The number of methoxy groups -OCH3 is 2. The summed E-state index contributed by atoms with van der Waals surface area (Å²) in [4.78, 5) is 24.5. The fourth-order valence-electron chi connectivity index (χ4n) is 4.39. The Hall–Kier alpha value is -0.960. The fraction of sp³-hybridized carbons (Fsp3) is 0.733. The molecule has 1 rings (SSSR count). The molecule has 256 valence electrons. The lowest BCUT2D eigenvalue weighted by Crippen LogP contribution is -2.46. The van der Waals surface area contributed by atoms with Crippen molar-refractivity contribution in [2.24, 2.45) is 40.6 Å². The number of carbonyl (C=O) groups excluding carboxylic acids is 2. The van der Waals surface area contributed by atoms with Gasteiger partial charge in [0.05, 0.1) is 25.2 Å². The van der Waals surface area contributed by atoms with Gasteiger partial charge in [-0.2, -0.15) is 54.0 Å². The minimum absolute atomic E-state index is 0. The molecule has 0 aliphatic heterocycles. The number of benzene rings is 1. The van der Waals surface area contributed by atoms with Crippen LogP contribution in [0.2, 0.25) is 0 Å². The van der Waals surface area contributed by atoms with Crippen molar-refractivity contribution in [1.82, 2.24) is 5.32 Å². The summed E-state index contributed by atoms with van der Waals surface area (Å²) in [5.41, 5.74) is 12.2. The van der Waals surface area contributed by atoms with Gasteiger partial charge < -0.3 is 36.1 Å². The van der Waals surface area contributed by atoms with E-state index in [1.54, 1.807) is 28.1 Å². The first-order valence-corrected chi connectivity index (χ1v) is 14.0. The van der Waals surface area contributed by atoms with Crippen LogP contribution in [0.25, 0.3) is 0 Å². The number of nitrogens with two attached hydrogens (primary N) is 2. The van der Waals surface area contributed by atoms with Crippen molar-refractivity contribution < 1.29 is 28.9 Å². The lowest BCUT2D eigenvalue weighted by atomic mass is 9.80. The monoisotopic (exact) mass is 687 g/mol. The third kappa shape index (κ3) is 17.4. The highest BCUT2D eigenvalue weighted by molar-refractivity contribution is 7.59. The van der Waals surface area contributed by atoms with E-state index in [0.29, 0.717) is 37.1 Å². The number of primary amides is 1. The van der Waals surface area contributed by atoms with Crippen LogP contribution in [0.4, 0.5) is 0 Å². The second kappa shape index (κ2) is 24.3. The second-order valence-corrected chi connectivity index (χ2v) is 11.9. The summed E-state index contributed by atoms with van der Waals surface area (Å²) >= 11 is 0. The number of hydrogen-bond acceptors (Lipinski definition) is 7. The zero-order valence-corrected chi connectivity index (χ0v) is 31.3. The Bertz CT molecular complexity index is 909. The van der Waals surface area contributed by atoms with Gasteiger partial charge in [-0.15, -0.1) is 0 Å². The maximum Gasteiger partial charge on any atom is 0.224 e. The largest absolute Gasteiger partial charge is 0.493 e. The van der Waals surface area contributed by atoms with Crippen molar-refractivity contribution in [3.05, 3.63) is 23.8 Å². The SMILES string of the molecule is COCCCOc1cc(C[C@@H](C[C@H](N)[C@@H](O)C[C@H](C(=O)NCC(C)(C)C(N)=O)C(C)C)C(C)C)ccc1OC.S.S.S.S. The quantitative estimate of drug-likeness (QED) is 0.162. The number of nitrogens with one attached hydrogen (secondary N) is 1.